The van der Waals surface area contributed by atoms with E-state index < -0.39 is 11.4 Å². The molecule has 0 saturated heterocycles. The van der Waals surface area contributed by atoms with Gasteiger partial charge in [0.15, 0.2) is 0 Å². The molecular formula is C15H10ClNO4S. The van der Waals surface area contributed by atoms with Crippen LogP contribution in [0, 0.1) is 0 Å². The smallest absolute Gasteiger partial charge is 0.341 e. The predicted octanol–water partition coefficient (Wildman–Crippen LogP) is 3.41. The van der Waals surface area contributed by atoms with Gasteiger partial charge in [0, 0.05) is 6.20 Å². The third-order valence-electron chi connectivity index (χ3n) is 3.22. The Morgan fingerprint density at radius 3 is 2.77 bits per heavy atom. The molecule has 0 amide bonds. The standard InChI is InChI=1S/C15H10ClNO4S/c1-21-11-5-3-2-4-10(11)17-7-9(15(19)20)13(18)8-6-12(16)22-14(8)17/h2-7H,1H3,(H,19,20). The fourth-order valence-electron chi connectivity index (χ4n) is 2.25. The molecule has 2 aromatic heterocycles. The maximum Gasteiger partial charge on any atom is 0.341 e. The number of thiophene rings is 1. The van der Waals surface area contributed by atoms with Crippen LogP contribution in [0.25, 0.3) is 15.9 Å². The minimum Gasteiger partial charge on any atom is -0.495 e. The van der Waals surface area contributed by atoms with Crippen LogP contribution in [0.2, 0.25) is 4.34 Å². The van der Waals surface area contributed by atoms with Gasteiger partial charge in [-0.1, -0.05) is 23.7 Å². The molecule has 7 heteroatoms. The second kappa shape index (κ2) is 5.47. The van der Waals surface area contributed by atoms with E-state index in [-0.39, 0.29) is 10.9 Å². The summed E-state index contributed by atoms with van der Waals surface area (Å²) in [6.07, 6.45) is 1.30. The van der Waals surface area contributed by atoms with Crippen molar-refractivity contribution < 1.29 is 14.6 Å². The Labute approximate surface area is 134 Å². The fraction of sp³-hybridized carbons (Fsp3) is 0.0667. The quantitative estimate of drug-likeness (QED) is 0.796. The second-order valence-corrected chi connectivity index (χ2v) is 6.15. The molecule has 0 unspecified atom stereocenters. The molecule has 3 rings (SSSR count). The first-order chi connectivity index (χ1) is 10.5. The summed E-state index contributed by atoms with van der Waals surface area (Å²) < 4.78 is 7.35. The van der Waals surface area contributed by atoms with Gasteiger partial charge in [0.25, 0.3) is 0 Å². The Balaban J connectivity index is 2.45. The largest absolute Gasteiger partial charge is 0.495 e. The number of hydrogen-bond acceptors (Lipinski definition) is 4. The van der Waals surface area contributed by atoms with E-state index in [1.165, 1.54) is 30.7 Å². The van der Waals surface area contributed by atoms with Crippen LogP contribution in [0.3, 0.4) is 0 Å². The maximum atomic E-state index is 12.2. The van der Waals surface area contributed by atoms with E-state index in [0.717, 1.165) is 0 Å². The summed E-state index contributed by atoms with van der Waals surface area (Å²) in [4.78, 5) is 24.2. The van der Waals surface area contributed by atoms with Crippen LogP contribution in [0.5, 0.6) is 5.75 Å². The van der Waals surface area contributed by atoms with Gasteiger partial charge in [-0.3, -0.25) is 4.79 Å². The van der Waals surface area contributed by atoms with Crippen LogP contribution in [0.15, 0.2) is 41.3 Å². The van der Waals surface area contributed by atoms with Crippen LogP contribution < -0.4 is 10.2 Å². The molecule has 22 heavy (non-hydrogen) atoms. The number of methoxy groups -OCH3 is 1. The Bertz CT molecular complexity index is 944. The third kappa shape index (κ3) is 2.26. The van der Waals surface area contributed by atoms with Crippen molar-refractivity contribution in [3.05, 3.63) is 56.7 Å². The number of rotatable bonds is 3. The second-order valence-electron chi connectivity index (χ2n) is 4.49. The number of halogens is 1. The van der Waals surface area contributed by atoms with E-state index >= 15 is 0 Å². The van der Waals surface area contributed by atoms with Crippen LogP contribution in [0.1, 0.15) is 10.4 Å². The van der Waals surface area contributed by atoms with Gasteiger partial charge in [-0.2, -0.15) is 0 Å². The molecule has 1 aromatic carbocycles. The van der Waals surface area contributed by atoms with Crippen molar-refractivity contribution in [3.8, 4) is 11.4 Å². The van der Waals surface area contributed by atoms with Crippen molar-refractivity contribution in [1.29, 1.82) is 0 Å². The molecule has 0 atom stereocenters. The number of aromatic nitrogens is 1. The summed E-state index contributed by atoms with van der Waals surface area (Å²) >= 11 is 7.21. The average Bonchev–Trinajstić information content (AvgIpc) is 2.89. The number of carboxylic acid groups (broad SMARTS) is 1. The number of carboxylic acids is 1. The molecule has 0 bridgehead atoms. The number of hydrogen-bond donors (Lipinski definition) is 1. The lowest BCUT2D eigenvalue weighted by atomic mass is 10.2. The number of para-hydroxylation sites is 2. The van der Waals surface area contributed by atoms with Gasteiger partial charge in [-0.05, 0) is 18.2 Å². The van der Waals surface area contributed by atoms with Gasteiger partial charge in [0.2, 0.25) is 5.43 Å². The lowest BCUT2D eigenvalue weighted by Gasteiger charge is -2.13. The minimum atomic E-state index is -1.28. The van der Waals surface area contributed by atoms with Crippen LogP contribution >= 0.6 is 22.9 Å². The Hall–Kier alpha value is -2.31. The molecule has 0 saturated carbocycles. The number of pyridine rings is 1. The van der Waals surface area contributed by atoms with Crippen molar-refractivity contribution in [2.75, 3.05) is 7.11 Å². The molecule has 5 nitrogen and oxygen atoms in total. The summed E-state index contributed by atoms with van der Waals surface area (Å²) in [6, 6.07) is 8.64. The molecule has 1 N–H and O–H groups in total. The van der Waals surface area contributed by atoms with Crippen molar-refractivity contribution >= 4 is 39.1 Å². The zero-order valence-corrected chi connectivity index (χ0v) is 12.9. The molecule has 0 fully saturated rings. The summed E-state index contributed by atoms with van der Waals surface area (Å²) in [7, 11) is 1.53. The monoisotopic (exact) mass is 335 g/mol. The molecular weight excluding hydrogens is 326 g/mol. The van der Waals surface area contributed by atoms with Crippen molar-refractivity contribution in [2.24, 2.45) is 0 Å². The van der Waals surface area contributed by atoms with E-state index in [1.54, 1.807) is 22.8 Å². The van der Waals surface area contributed by atoms with Gasteiger partial charge >= 0.3 is 5.97 Å². The number of fused-ring (bicyclic) bond motifs is 1. The molecule has 3 aromatic rings. The highest BCUT2D eigenvalue weighted by molar-refractivity contribution is 7.22. The number of aromatic carboxylic acids is 1. The molecule has 112 valence electrons. The maximum absolute atomic E-state index is 12.2. The molecule has 0 spiro atoms. The zero-order valence-electron chi connectivity index (χ0n) is 11.4. The summed E-state index contributed by atoms with van der Waals surface area (Å²) in [5, 5.41) is 9.53. The normalized spacial score (nSPS) is 10.8. The van der Waals surface area contributed by atoms with Gasteiger partial charge in [-0.25, -0.2) is 4.79 Å². The van der Waals surface area contributed by atoms with Crippen molar-refractivity contribution in [2.45, 2.75) is 0 Å². The van der Waals surface area contributed by atoms with E-state index in [4.69, 9.17) is 16.3 Å². The van der Waals surface area contributed by atoms with E-state index in [9.17, 15) is 14.7 Å². The highest BCUT2D eigenvalue weighted by Crippen LogP contribution is 2.32. The van der Waals surface area contributed by atoms with Crippen LogP contribution in [-0.4, -0.2) is 22.8 Å². The SMILES string of the molecule is COc1ccccc1-n1cc(C(=O)O)c(=O)c2cc(Cl)sc21. The van der Waals surface area contributed by atoms with Gasteiger partial charge in [0.1, 0.15) is 16.1 Å². The highest BCUT2D eigenvalue weighted by atomic mass is 35.5. The summed E-state index contributed by atoms with van der Waals surface area (Å²) in [5.41, 5.74) is -0.222. The topological polar surface area (TPSA) is 68.5 Å². The highest BCUT2D eigenvalue weighted by Gasteiger charge is 2.18. The Morgan fingerprint density at radius 1 is 1.36 bits per heavy atom. The first-order valence-electron chi connectivity index (χ1n) is 6.24. The van der Waals surface area contributed by atoms with Crippen LogP contribution in [-0.2, 0) is 0 Å². The lowest BCUT2D eigenvalue weighted by Crippen LogP contribution is -2.17. The van der Waals surface area contributed by atoms with Gasteiger partial charge in [-0.15, -0.1) is 11.3 Å². The molecule has 2 heterocycles. The number of carbonyl (C=O) groups is 1. The van der Waals surface area contributed by atoms with E-state index in [1.807, 2.05) is 6.07 Å². The van der Waals surface area contributed by atoms with Crippen molar-refractivity contribution in [1.82, 2.24) is 4.57 Å². The Morgan fingerprint density at radius 2 is 2.09 bits per heavy atom. The van der Waals surface area contributed by atoms with Gasteiger partial charge in [0.05, 0.1) is 22.5 Å². The van der Waals surface area contributed by atoms with Crippen molar-refractivity contribution in [3.63, 3.8) is 0 Å². The molecule has 0 aliphatic carbocycles. The zero-order chi connectivity index (χ0) is 15.9. The van der Waals surface area contributed by atoms with Gasteiger partial charge < -0.3 is 14.4 Å². The van der Waals surface area contributed by atoms with Crippen LogP contribution in [0.4, 0.5) is 0 Å². The predicted molar refractivity (Wildman–Crippen MR) is 85.9 cm³/mol. The Kier molecular flexibility index (Phi) is 3.64. The third-order valence-corrected chi connectivity index (χ3v) is 4.49. The first kappa shape index (κ1) is 14.6. The molecule has 0 radical (unpaired) electrons. The van der Waals surface area contributed by atoms with E-state index in [0.29, 0.717) is 20.6 Å². The first-order valence-corrected chi connectivity index (χ1v) is 7.43. The van der Waals surface area contributed by atoms with E-state index in [2.05, 4.69) is 0 Å². The minimum absolute atomic E-state index is 0.279. The molecule has 0 aliphatic heterocycles. The lowest BCUT2D eigenvalue weighted by molar-refractivity contribution is 0.0695. The summed E-state index contributed by atoms with van der Waals surface area (Å²) in [6.45, 7) is 0. The summed E-state index contributed by atoms with van der Waals surface area (Å²) in [5.74, 6) is -0.716. The number of benzene rings is 1. The fourth-order valence-corrected chi connectivity index (χ4v) is 3.45. The number of nitrogens with zero attached hydrogens (tertiary/aromatic N) is 1. The molecule has 0 aliphatic rings. The number of ether oxygens (including phenoxy) is 1. The average molecular weight is 336 g/mol.